The Labute approximate surface area is 114 Å². The van der Waals surface area contributed by atoms with E-state index in [1.54, 1.807) is 0 Å². The third-order valence-corrected chi connectivity index (χ3v) is 5.45. The summed E-state index contributed by atoms with van der Waals surface area (Å²) in [7, 11) is 0. The van der Waals surface area contributed by atoms with Crippen LogP contribution in [0.15, 0.2) is 0 Å². The average molecular weight is 268 g/mol. The van der Waals surface area contributed by atoms with Gasteiger partial charge >= 0.3 is 11.9 Å². The van der Waals surface area contributed by atoms with E-state index in [9.17, 15) is 9.59 Å². The Hall–Kier alpha value is -1.06. The van der Waals surface area contributed by atoms with Crippen LogP contribution in [0.25, 0.3) is 0 Å². The summed E-state index contributed by atoms with van der Waals surface area (Å²) in [6, 6.07) is 0. The summed E-state index contributed by atoms with van der Waals surface area (Å²) in [4.78, 5) is 21.9. The fourth-order valence-electron chi connectivity index (χ4n) is 3.92. The summed E-state index contributed by atoms with van der Waals surface area (Å²) in [5.41, 5.74) is -0.00667. The van der Waals surface area contributed by atoms with Crippen LogP contribution < -0.4 is 0 Å². The second kappa shape index (κ2) is 5.93. The zero-order valence-corrected chi connectivity index (χ0v) is 11.4. The molecule has 4 heteroatoms. The fourth-order valence-corrected chi connectivity index (χ4v) is 3.92. The van der Waals surface area contributed by atoms with Crippen molar-refractivity contribution in [2.75, 3.05) is 0 Å². The molecule has 0 amide bonds. The summed E-state index contributed by atoms with van der Waals surface area (Å²) in [5, 5.41) is 18.0. The topological polar surface area (TPSA) is 74.6 Å². The molecule has 0 aromatic carbocycles. The molecule has 0 aromatic rings. The minimum atomic E-state index is -0.752. The van der Waals surface area contributed by atoms with E-state index >= 15 is 0 Å². The van der Waals surface area contributed by atoms with Gasteiger partial charge in [-0.05, 0) is 55.8 Å². The average Bonchev–Trinajstić information content (AvgIpc) is 2.18. The van der Waals surface area contributed by atoms with Crippen molar-refractivity contribution < 1.29 is 19.8 Å². The molecule has 0 spiro atoms. The lowest BCUT2D eigenvalue weighted by atomic mass is 9.51. The first-order valence-corrected chi connectivity index (χ1v) is 7.48. The lowest BCUT2D eigenvalue weighted by molar-refractivity contribution is -0.140. The smallest absolute Gasteiger partial charge is 0.303 e. The van der Waals surface area contributed by atoms with Gasteiger partial charge in [0.05, 0.1) is 0 Å². The highest BCUT2D eigenvalue weighted by Gasteiger charge is 2.48. The monoisotopic (exact) mass is 268 g/mol. The molecule has 2 N–H and O–H groups in total. The molecular formula is C15H24O4. The van der Waals surface area contributed by atoms with Crippen LogP contribution in [0.4, 0.5) is 0 Å². The van der Waals surface area contributed by atoms with Crippen LogP contribution in [-0.2, 0) is 9.59 Å². The summed E-state index contributed by atoms with van der Waals surface area (Å²) in [5.74, 6) is -0.371. The number of carbonyl (C=O) groups is 2. The van der Waals surface area contributed by atoms with Crippen molar-refractivity contribution >= 4 is 11.9 Å². The van der Waals surface area contributed by atoms with Crippen molar-refractivity contribution in [1.82, 2.24) is 0 Å². The van der Waals surface area contributed by atoms with E-state index in [2.05, 4.69) is 0 Å². The first-order valence-electron chi connectivity index (χ1n) is 7.48. The van der Waals surface area contributed by atoms with E-state index < -0.39 is 11.9 Å². The second-order valence-corrected chi connectivity index (χ2v) is 6.28. The molecule has 4 nitrogen and oxygen atoms in total. The summed E-state index contributed by atoms with van der Waals surface area (Å²) >= 11 is 0. The van der Waals surface area contributed by atoms with Gasteiger partial charge in [-0.2, -0.15) is 0 Å². The Morgan fingerprint density at radius 3 is 1.42 bits per heavy atom. The molecule has 0 heterocycles. The number of carboxylic acid groups (broad SMARTS) is 2. The van der Waals surface area contributed by atoms with Gasteiger partial charge in [0, 0.05) is 12.8 Å². The van der Waals surface area contributed by atoms with Crippen molar-refractivity contribution in [3.05, 3.63) is 0 Å². The molecule has 0 saturated heterocycles. The highest BCUT2D eigenvalue weighted by molar-refractivity contribution is 5.67. The Morgan fingerprint density at radius 1 is 0.842 bits per heavy atom. The summed E-state index contributed by atoms with van der Waals surface area (Å²) in [6.07, 6.45) is 8.81. The number of aliphatic carboxylic acids is 2. The van der Waals surface area contributed by atoms with Gasteiger partial charge in [-0.1, -0.05) is 12.8 Å². The van der Waals surface area contributed by atoms with Crippen molar-refractivity contribution in [2.45, 2.75) is 64.2 Å². The van der Waals surface area contributed by atoms with Crippen LogP contribution in [0.1, 0.15) is 64.2 Å². The SMILES string of the molecule is O=C(O)CCC(CCC(=O)O)(C1CCC1)C1CCC1. The molecule has 0 aliphatic heterocycles. The lowest BCUT2D eigenvalue weighted by Gasteiger charge is -2.53. The maximum atomic E-state index is 10.9. The molecule has 108 valence electrons. The van der Waals surface area contributed by atoms with Gasteiger partial charge in [0.2, 0.25) is 0 Å². The van der Waals surface area contributed by atoms with Gasteiger partial charge in [-0.3, -0.25) is 9.59 Å². The Kier molecular flexibility index (Phi) is 4.48. The first-order chi connectivity index (χ1) is 9.04. The second-order valence-electron chi connectivity index (χ2n) is 6.28. The Morgan fingerprint density at radius 2 is 1.21 bits per heavy atom. The van der Waals surface area contributed by atoms with Crippen LogP contribution in [0.2, 0.25) is 0 Å². The molecule has 2 aliphatic carbocycles. The molecule has 2 aliphatic rings. The molecule has 2 rings (SSSR count). The van der Waals surface area contributed by atoms with Crippen LogP contribution in [0, 0.1) is 17.3 Å². The third kappa shape index (κ3) is 3.10. The Bertz CT molecular complexity index is 308. The van der Waals surface area contributed by atoms with Crippen LogP contribution in [0.3, 0.4) is 0 Å². The minimum Gasteiger partial charge on any atom is -0.481 e. The number of rotatable bonds is 8. The maximum absolute atomic E-state index is 10.9. The van der Waals surface area contributed by atoms with E-state index in [4.69, 9.17) is 10.2 Å². The fraction of sp³-hybridized carbons (Fsp3) is 0.867. The molecule has 0 atom stereocenters. The zero-order chi connectivity index (χ0) is 13.9. The zero-order valence-electron chi connectivity index (χ0n) is 11.4. The predicted molar refractivity (Wildman–Crippen MR) is 70.9 cm³/mol. The molecule has 19 heavy (non-hydrogen) atoms. The van der Waals surface area contributed by atoms with Gasteiger partial charge in [-0.25, -0.2) is 0 Å². The van der Waals surface area contributed by atoms with E-state index in [0.717, 1.165) is 25.7 Å². The van der Waals surface area contributed by atoms with Crippen molar-refractivity contribution in [3.8, 4) is 0 Å². The van der Waals surface area contributed by atoms with Gasteiger partial charge in [-0.15, -0.1) is 0 Å². The van der Waals surface area contributed by atoms with Crippen molar-refractivity contribution in [2.24, 2.45) is 17.3 Å². The molecule has 0 unspecified atom stereocenters. The number of hydrogen-bond donors (Lipinski definition) is 2. The maximum Gasteiger partial charge on any atom is 0.303 e. The highest BCUT2D eigenvalue weighted by atomic mass is 16.4. The highest BCUT2D eigenvalue weighted by Crippen LogP contribution is 2.57. The van der Waals surface area contributed by atoms with E-state index in [-0.39, 0.29) is 18.3 Å². The molecule has 0 bridgehead atoms. The van der Waals surface area contributed by atoms with Crippen LogP contribution in [0.5, 0.6) is 0 Å². The molecule has 2 saturated carbocycles. The van der Waals surface area contributed by atoms with Gasteiger partial charge < -0.3 is 10.2 Å². The van der Waals surface area contributed by atoms with Gasteiger partial charge in [0.25, 0.3) is 0 Å². The lowest BCUT2D eigenvalue weighted by Crippen LogP contribution is -2.45. The minimum absolute atomic E-state index is 0.00667. The van der Waals surface area contributed by atoms with E-state index in [1.807, 2.05) is 0 Å². The normalized spacial score (nSPS) is 20.6. The van der Waals surface area contributed by atoms with Crippen LogP contribution >= 0.6 is 0 Å². The van der Waals surface area contributed by atoms with Gasteiger partial charge in [0.1, 0.15) is 0 Å². The predicted octanol–water partition coefficient (Wildman–Crippen LogP) is 3.30. The van der Waals surface area contributed by atoms with Crippen LogP contribution in [-0.4, -0.2) is 22.2 Å². The van der Waals surface area contributed by atoms with E-state index in [0.29, 0.717) is 24.7 Å². The van der Waals surface area contributed by atoms with Gasteiger partial charge in [0.15, 0.2) is 0 Å². The standard InChI is InChI=1S/C15H24O4/c16-13(17)7-9-15(10-8-14(18)19,11-3-1-4-11)12-5-2-6-12/h11-12H,1-10H2,(H,16,17)(H,18,19). The largest absolute Gasteiger partial charge is 0.481 e. The quantitative estimate of drug-likeness (QED) is 0.708. The van der Waals surface area contributed by atoms with Crippen molar-refractivity contribution in [3.63, 3.8) is 0 Å². The molecule has 0 aromatic heterocycles. The molecule has 0 radical (unpaired) electrons. The molecular weight excluding hydrogens is 244 g/mol. The molecule has 2 fully saturated rings. The summed E-state index contributed by atoms with van der Waals surface area (Å²) in [6.45, 7) is 0. The first kappa shape index (κ1) is 14.4. The number of hydrogen-bond acceptors (Lipinski definition) is 2. The number of carboxylic acids is 2. The Balaban J connectivity index is 2.10. The van der Waals surface area contributed by atoms with Crippen molar-refractivity contribution in [1.29, 1.82) is 0 Å². The third-order valence-electron chi connectivity index (χ3n) is 5.45. The van der Waals surface area contributed by atoms with E-state index in [1.165, 1.54) is 12.8 Å². The summed E-state index contributed by atoms with van der Waals surface area (Å²) < 4.78 is 0.